The smallest absolute Gasteiger partial charge is 0.104 e. The van der Waals surface area contributed by atoms with Gasteiger partial charge in [-0.15, -0.1) is 0 Å². The van der Waals surface area contributed by atoms with Gasteiger partial charge in [-0.1, -0.05) is 0 Å². The molecule has 14 heteroatoms. The van der Waals surface area contributed by atoms with Crippen LogP contribution in [0, 0.1) is 11.8 Å². The predicted octanol–water partition coefficient (Wildman–Crippen LogP) is 0.478. The lowest BCUT2D eigenvalue weighted by Crippen LogP contribution is -2.19. The van der Waals surface area contributed by atoms with E-state index in [0.29, 0.717) is 142 Å². The van der Waals surface area contributed by atoms with Gasteiger partial charge in [0.15, 0.2) is 0 Å². The zero-order chi connectivity index (χ0) is 32.3. The first-order valence-corrected chi connectivity index (χ1v) is 17.1. The highest BCUT2D eigenvalue weighted by Crippen LogP contribution is 2.27. The van der Waals surface area contributed by atoms with E-state index in [1.54, 1.807) is 0 Å². The molecule has 5 fully saturated rings. The zero-order valence-electron chi connectivity index (χ0n) is 27.6. The van der Waals surface area contributed by atoms with Crippen molar-refractivity contribution in [3.05, 3.63) is 0 Å². The van der Waals surface area contributed by atoms with Crippen molar-refractivity contribution in [1.29, 1.82) is 0 Å². The molecule has 0 aromatic carbocycles. The van der Waals surface area contributed by atoms with Crippen LogP contribution in [0.2, 0.25) is 0 Å². The van der Waals surface area contributed by atoms with Crippen LogP contribution in [0.3, 0.4) is 0 Å². The summed E-state index contributed by atoms with van der Waals surface area (Å²) in [6.07, 6.45) is 5.80. The highest BCUT2D eigenvalue weighted by Gasteiger charge is 2.26. The maximum absolute atomic E-state index is 8.79. The molecule has 2 N–H and O–H groups in total. The van der Waals surface area contributed by atoms with Gasteiger partial charge in [-0.05, 0) is 37.5 Å². The first-order chi connectivity index (χ1) is 22.8. The molecule has 1 aliphatic carbocycles. The Morgan fingerprint density at radius 1 is 0.348 bits per heavy atom. The summed E-state index contributed by atoms with van der Waals surface area (Å²) in [4.78, 5) is 0. The summed E-state index contributed by atoms with van der Waals surface area (Å²) < 4.78 is 62.9. The summed E-state index contributed by atoms with van der Waals surface area (Å²) in [7, 11) is 0. The number of hydrogen-bond donors (Lipinski definition) is 2. The minimum Gasteiger partial charge on any atom is -0.396 e. The molecule has 4 atom stereocenters. The second-order valence-corrected chi connectivity index (χ2v) is 11.8. The lowest BCUT2D eigenvalue weighted by atomic mass is 9.83. The van der Waals surface area contributed by atoms with Crippen molar-refractivity contribution in [3.8, 4) is 0 Å². The van der Waals surface area contributed by atoms with Gasteiger partial charge in [0, 0.05) is 13.2 Å². The number of hydrogen-bond acceptors (Lipinski definition) is 14. The Labute approximate surface area is 274 Å². The molecule has 4 saturated heterocycles. The van der Waals surface area contributed by atoms with E-state index in [0.717, 1.165) is 65.3 Å². The topological polar surface area (TPSA) is 164 Å². The largest absolute Gasteiger partial charge is 0.396 e. The SMILES string of the molecule is C(COCCOCCOCC1CO1)OCCOCCOCCOCC1CO1.C(OCC1CO1)C1CO1.OCC1CCC(CO)CC1. The Kier molecular flexibility index (Phi) is 23.7. The summed E-state index contributed by atoms with van der Waals surface area (Å²) >= 11 is 0. The van der Waals surface area contributed by atoms with E-state index >= 15 is 0 Å². The maximum Gasteiger partial charge on any atom is 0.104 e. The van der Waals surface area contributed by atoms with Crippen LogP contribution >= 0.6 is 0 Å². The Morgan fingerprint density at radius 3 is 0.783 bits per heavy atom. The minimum atomic E-state index is 0.310. The van der Waals surface area contributed by atoms with Crippen LogP contribution in [-0.2, 0) is 56.8 Å². The third-order valence-corrected chi connectivity index (χ3v) is 7.54. The van der Waals surface area contributed by atoms with Crippen molar-refractivity contribution in [2.45, 2.75) is 50.1 Å². The lowest BCUT2D eigenvalue weighted by Gasteiger charge is -2.25. The average Bonchev–Trinajstić information content (AvgIpc) is 3.90. The Morgan fingerprint density at radius 2 is 0.565 bits per heavy atom. The molecule has 4 heterocycles. The summed E-state index contributed by atoms with van der Waals surface area (Å²) in [5.74, 6) is 1.03. The third-order valence-electron chi connectivity index (χ3n) is 7.54. The van der Waals surface area contributed by atoms with Gasteiger partial charge < -0.3 is 67.1 Å². The van der Waals surface area contributed by atoms with Gasteiger partial charge in [0.1, 0.15) is 24.4 Å². The lowest BCUT2D eigenvalue weighted by molar-refractivity contribution is -0.0212. The second-order valence-electron chi connectivity index (χ2n) is 11.8. The van der Waals surface area contributed by atoms with Gasteiger partial charge >= 0.3 is 0 Å². The van der Waals surface area contributed by atoms with Crippen molar-refractivity contribution in [2.24, 2.45) is 11.8 Å². The van der Waals surface area contributed by atoms with Crippen molar-refractivity contribution >= 4 is 0 Å². The number of ether oxygens (including phenoxy) is 12. The quantitative estimate of drug-likeness (QED) is 0.0874. The zero-order valence-corrected chi connectivity index (χ0v) is 27.6. The molecular weight excluding hydrogens is 608 g/mol. The van der Waals surface area contributed by atoms with Crippen LogP contribution in [0.5, 0.6) is 0 Å². The molecular formula is C32H60O14. The van der Waals surface area contributed by atoms with Crippen molar-refractivity contribution in [3.63, 3.8) is 0 Å². The number of aliphatic hydroxyl groups excluding tert-OH is 2. The van der Waals surface area contributed by atoms with Crippen LogP contribution < -0.4 is 0 Å². The summed E-state index contributed by atoms with van der Waals surface area (Å²) in [6, 6.07) is 0. The van der Waals surface area contributed by atoms with Gasteiger partial charge in [0.05, 0.1) is 132 Å². The van der Waals surface area contributed by atoms with E-state index < -0.39 is 0 Å². The summed E-state index contributed by atoms with van der Waals surface area (Å²) in [6.45, 7) is 13.7. The summed E-state index contributed by atoms with van der Waals surface area (Å²) in [5.41, 5.74) is 0. The molecule has 0 aromatic heterocycles. The van der Waals surface area contributed by atoms with E-state index in [1.807, 2.05) is 0 Å². The molecule has 0 bridgehead atoms. The molecule has 46 heavy (non-hydrogen) atoms. The molecule has 0 radical (unpaired) electrons. The predicted molar refractivity (Wildman–Crippen MR) is 165 cm³/mol. The monoisotopic (exact) mass is 668 g/mol. The third kappa shape index (κ3) is 25.5. The van der Waals surface area contributed by atoms with Crippen LogP contribution in [0.15, 0.2) is 0 Å². The van der Waals surface area contributed by atoms with Crippen molar-refractivity contribution in [1.82, 2.24) is 0 Å². The van der Waals surface area contributed by atoms with Crippen molar-refractivity contribution in [2.75, 3.05) is 145 Å². The fourth-order valence-corrected chi connectivity index (χ4v) is 4.23. The van der Waals surface area contributed by atoms with Gasteiger partial charge in [-0.2, -0.15) is 0 Å². The van der Waals surface area contributed by atoms with E-state index in [1.165, 1.54) is 0 Å². The molecule has 1 saturated carbocycles. The molecule has 272 valence electrons. The van der Waals surface area contributed by atoms with E-state index in [4.69, 9.17) is 67.1 Å². The molecule has 0 amide bonds. The minimum absolute atomic E-state index is 0.310. The Balaban J connectivity index is 0.000000243. The highest BCUT2D eigenvalue weighted by atomic mass is 16.6. The molecule has 14 nitrogen and oxygen atoms in total. The van der Waals surface area contributed by atoms with Gasteiger partial charge in [-0.25, -0.2) is 0 Å². The van der Waals surface area contributed by atoms with Crippen molar-refractivity contribution < 1.29 is 67.1 Å². The molecule has 5 aliphatic rings. The van der Waals surface area contributed by atoms with E-state index in [-0.39, 0.29) is 0 Å². The molecule has 0 spiro atoms. The van der Waals surface area contributed by atoms with Gasteiger partial charge in [-0.3, -0.25) is 0 Å². The molecule has 5 rings (SSSR count). The van der Waals surface area contributed by atoms with E-state index in [9.17, 15) is 0 Å². The number of aliphatic hydroxyl groups is 2. The maximum atomic E-state index is 8.79. The molecule has 4 unspecified atom stereocenters. The van der Waals surface area contributed by atoms with Crippen LogP contribution in [0.4, 0.5) is 0 Å². The number of rotatable bonds is 28. The average molecular weight is 669 g/mol. The van der Waals surface area contributed by atoms with Crippen LogP contribution in [0.25, 0.3) is 0 Å². The first-order valence-electron chi connectivity index (χ1n) is 17.1. The molecule has 0 aromatic rings. The van der Waals surface area contributed by atoms with E-state index in [2.05, 4.69) is 0 Å². The fourth-order valence-electron chi connectivity index (χ4n) is 4.23. The fraction of sp³-hybridized carbons (Fsp3) is 1.00. The first kappa shape index (κ1) is 39.9. The Bertz CT molecular complexity index is 613. The second kappa shape index (κ2) is 27.3. The molecule has 4 aliphatic heterocycles. The number of epoxide rings is 4. The van der Waals surface area contributed by atoms with Gasteiger partial charge in [0.25, 0.3) is 0 Å². The van der Waals surface area contributed by atoms with Gasteiger partial charge in [0.2, 0.25) is 0 Å². The normalized spacial score (nSPS) is 27.3. The standard InChI is InChI=1S/C18H34O9.C8H16O2.C6H10O3/c1(3-20-5-7-22-9-11-24-13-17-15-26-17)19-2-4-21-6-8-23-10-12-25-14-18-16-27-18;9-5-7-1-2-8(6-10)4-3-7;1(5-3-8-5)7-2-6-4-9-6/h17-18H,1-16H2;7-10H,1-6H2;5-6H,1-4H2. The van der Waals surface area contributed by atoms with Crippen LogP contribution in [0.1, 0.15) is 25.7 Å². The van der Waals surface area contributed by atoms with Crippen LogP contribution in [-0.4, -0.2) is 180 Å². The highest BCUT2D eigenvalue weighted by molar-refractivity contribution is 4.72. The Hall–Kier alpha value is -0.560. The summed E-state index contributed by atoms with van der Waals surface area (Å²) in [5, 5.41) is 17.6.